The average Bonchev–Trinajstić information content (AvgIpc) is 3.09. The van der Waals surface area contributed by atoms with Gasteiger partial charge in [-0.05, 0) is 55.2 Å². The van der Waals surface area contributed by atoms with Gasteiger partial charge in [-0.25, -0.2) is 4.90 Å². The van der Waals surface area contributed by atoms with Crippen molar-refractivity contribution in [3.63, 3.8) is 0 Å². The third-order valence-corrected chi connectivity index (χ3v) is 6.08. The maximum absolute atomic E-state index is 13.8. The lowest BCUT2D eigenvalue weighted by molar-refractivity contribution is -0.120. The molecule has 0 fully saturated rings. The number of rotatable bonds is 7. The minimum atomic E-state index is -0.321. The van der Waals surface area contributed by atoms with Crippen LogP contribution in [0.1, 0.15) is 29.2 Å². The lowest BCUT2D eigenvalue weighted by Gasteiger charge is -2.25. The van der Waals surface area contributed by atoms with Crippen LogP contribution >= 0.6 is 0 Å². The smallest absolute Gasteiger partial charge is 0.282 e. The van der Waals surface area contributed by atoms with E-state index in [0.29, 0.717) is 35.8 Å². The molecule has 5 nitrogen and oxygen atoms in total. The fraction of sp³-hybridized carbons (Fsp3) is 0.214. The molecule has 1 aliphatic heterocycles. The zero-order valence-electron chi connectivity index (χ0n) is 19.5. The fourth-order valence-electron chi connectivity index (χ4n) is 4.11. The molecular formula is C28H28N2O3. The Bertz CT molecular complexity index is 1230. The molecule has 0 bridgehead atoms. The highest BCUT2D eigenvalue weighted by molar-refractivity contribution is 6.45. The average molecular weight is 441 g/mol. The minimum Gasteiger partial charge on any atom is -0.497 e. The normalized spacial score (nSPS) is 13.6. The summed E-state index contributed by atoms with van der Waals surface area (Å²) in [4.78, 5) is 30.8. The van der Waals surface area contributed by atoms with E-state index in [0.717, 1.165) is 22.3 Å². The monoisotopic (exact) mass is 440 g/mol. The van der Waals surface area contributed by atoms with E-state index in [1.807, 2.05) is 74.2 Å². The molecule has 1 heterocycles. The van der Waals surface area contributed by atoms with Gasteiger partial charge in [0.25, 0.3) is 11.8 Å². The number of hydrogen-bond acceptors (Lipinski definition) is 4. The lowest BCUT2D eigenvalue weighted by atomic mass is 9.99. The first-order chi connectivity index (χ1) is 15.9. The van der Waals surface area contributed by atoms with Crippen molar-refractivity contribution in [2.75, 3.05) is 18.6 Å². The predicted molar refractivity (Wildman–Crippen MR) is 131 cm³/mol. The molecule has 0 spiro atoms. The van der Waals surface area contributed by atoms with Gasteiger partial charge in [-0.2, -0.15) is 0 Å². The highest BCUT2D eigenvalue weighted by Crippen LogP contribution is 2.36. The number of carbonyl (C=O) groups excluding carboxylic acids is 2. The number of aryl methyl sites for hydroxylation is 2. The summed E-state index contributed by atoms with van der Waals surface area (Å²) in [6.07, 6.45) is 0. The molecule has 4 rings (SSSR count). The van der Waals surface area contributed by atoms with Gasteiger partial charge in [0.15, 0.2) is 0 Å². The summed E-state index contributed by atoms with van der Waals surface area (Å²) in [6, 6.07) is 22.9. The topological polar surface area (TPSA) is 49.9 Å². The van der Waals surface area contributed by atoms with Crippen LogP contribution in [-0.4, -0.2) is 30.4 Å². The second kappa shape index (κ2) is 9.33. The van der Waals surface area contributed by atoms with Crippen molar-refractivity contribution in [2.24, 2.45) is 0 Å². The summed E-state index contributed by atoms with van der Waals surface area (Å²) in [7, 11) is 1.57. The lowest BCUT2D eigenvalue weighted by Crippen LogP contribution is -2.35. The van der Waals surface area contributed by atoms with E-state index in [1.54, 1.807) is 31.4 Å². The number of hydrogen-bond donors (Lipinski definition) is 0. The molecular weight excluding hydrogens is 412 g/mol. The van der Waals surface area contributed by atoms with E-state index in [1.165, 1.54) is 4.90 Å². The summed E-state index contributed by atoms with van der Waals surface area (Å²) in [5, 5.41) is 0. The maximum Gasteiger partial charge on any atom is 0.282 e. The molecule has 0 N–H and O–H groups in total. The van der Waals surface area contributed by atoms with Gasteiger partial charge in [-0.15, -0.1) is 0 Å². The Kier molecular flexibility index (Phi) is 6.31. The molecule has 0 saturated carbocycles. The standard InChI is InChI=1S/C28H28N2O3/c1-5-29(18-21-10-7-6-8-11-21)26-25(22-15-14-19(2)20(3)16-22)27(31)30(28(26)32)23-12-9-13-24(17-23)33-4/h6-17H,5,18H2,1-4H3. The summed E-state index contributed by atoms with van der Waals surface area (Å²) in [5.41, 5.74) is 5.40. The summed E-state index contributed by atoms with van der Waals surface area (Å²) < 4.78 is 5.33. The third-order valence-electron chi connectivity index (χ3n) is 6.08. The molecule has 0 radical (unpaired) electrons. The minimum absolute atomic E-state index is 0.320. The van der Waals surface area contributed by atoms with Gasteiger partial charge in [-0.1, -0.05) is 54.6 Å². The van der Waals surface area contributed by atoms with Crippen LogP contribution < -0.4 is 9.64 Å². The van der Waals surface area contributed by atoms with Crippen LogP contribution in [0.25, 0.3) is 5.57 Å². The van der Waals surface area contributed by atoms with E-state index in [2.05, 4.69) is 0 Å². The van der Waals surface area contributed by atoms with Crippen LogP contribution in [0, 0.1) is 13.8 Å². The zero-order chi connectivity index (χ0) is 23.5. The highest BCUT2D eigenvalue weighted by atomic mass is 16.5. The van der Waals surface area contributed by atoms with Gasteiger partial charge in [0.2, 0.25) is 0 Å². The molecule has 0 atom stereocenters. The Morgan fingerprint density at radius 2 is 1.61 bits per heavy atom. The highest BCUT2D eigenvalue weighted by Gasteiger charge is 2.42. The second-order valence-corrected chi connectivity index (χ2v) is 8.17. The van der Waals surface area contributed by atoms with E-state index in [4.69, 9.17) is 4.74 Å². The first-order valence-electron chi connectivity index (χ1n) is 11.1. The first kappa shape index (κ1) is 22.3. The van der Waals surface area contributed by atoms with E-state index in [-0.39, 0.29) is 11.8 Å². The van der Waals surface area contributed by atoms with Gasteiger partial charge in [-0.3, -0.25) is 9.59 Å². The number of carbonyl (C=O) groups is 2. The molecule has 1 aliphatic rings. The van der Waals surface area contributed by atoms with Gasteiger partial charge < -0.3 is 9.64 Å². The first-order valence-corrected chi connectivity index (χ1v) is 11.1. The van der Waals surface area contributed by atoms with Crippen molar-refractivity contribution in [3.05, 3.63) is 101 Å². The van der Waals surface area contributed by atoms with Gasteiger partial charge in [0, 0.05) is 19.2 Å². The predicted octanol–water partition coefficient (Wildman–Crippen LogP) is 5.12. The number of amides is 2. The van der Waals surface area contributed by atoms with E-state index in [9.17, 15) is 9.59 Å². The number of likely N-dealkylation sites (N-methyl/N-ethyl adjacent to an activating group) is 1. The molecule has 3 aromatic rings. The summed E-state index contributed by atoms with van der Waals surface area (Å²) >= 11 is 0. The largest absolute Gasteiger partial charge is 0.497 e. The van der Waals surface area contributed by atoms with Crippen LogP contribution in [0.5, 0.6) is 5.75 Å². The van der Waals surface area contributed by atoms with Crippen molar-refractivity contribution in [1.29, 1.82) is 0 Å². The van der Waals surface area contributed by atoms with Crippen molar-refractivity contribution < 1.29 is 14.3 Å². The molecule has 5 heteroatoms. The van der Waals surface area contributed by atoms with Gasteiger partial charge >= 0.3 is 0 Å². The summed E-state index contributed by atoms with van der Waals surface area (Å²) in [5.74, 6) is -0.0526. The molecule has 3 aromatic carbocycles. The number of imide groups is 1. The number of methoxy groups -OCH3 is 1. The molecule has 0 unspecified atom stereocenters. The fourth-order valence-corrected chi connectivity index (χ4v) is 4.11. The molecule has 0 aliphatic carbocycles. The Morgan fingerprint density at radius 1 is 0.848 bits per heavy atom. The zero-order valence-corrected chi connectivity index (χ0v) is 19.5. The molecule has 0 saturated heterocycles. The van der Waals surface area contributed by atoms with Gasteiger partial charge in [0.1, 0.15) is 11.4 Å². The second-order valence-electron chi connectivity index (χ2n) is 8.17. The number of nitrogens with zero attached hydrogens (tertiary/aromatic N) is 2. The van der Waals surface area contributed by atoms with Crippen LogP contribution in [0.3, 0.4) is 0 Å². The third kappa shape index (κ3) is 4.27. The van der Waals surface area contributed by atoms with Crippen LogP contribution in [-0.2, 0) is 16.1 Å². The molecule has 2 amide bonds. The van der Waals surface area contributed by atoms with Crippen molar-refractivity contribution in [2.45, 2.75) is 27.3 Å². The van der Waals surface area contributed by atoms with E-state index >= 15 is 0 Å². The van der Waals surface area contributed by atoms with Crippen LogP contribution in [0.4, 0.5) is 5.69 Å². The Balaban J connectivity index is 1.85. The number of anilines is 1. The van der Waals surface area contributed by atoms with Crippen LogP contribution in [0.2, 0.25) is 0 Å². The van der Waals surface area contributed by atoms with Crippen molar-refractivity contribution in [1.82, 2.24) is 4.90 Å². The quantitative estimate of drug-likeness (QED) is 0.479. The Labute approximate surface area is 194 Å². The Hall–Kier alpha value is -3.86. The molecule has 33 heavy (non-hydrogen) atoms. The number of benzene rings is 3. The van der Waals surface area contributed by atoms with Gasteiger partial charge in [0.05, 0.1) is 18.4 Å². The SMILES string of the molecule is CCN(Cc1ccccc1)C1=C(c2ccc(C)c(C)c2)C(=O)N(c2cccc(OC)c2)C1=O. The Morgan fingerprint density at radius 3 is 2.27 bits per heavy atom. The van der Waals surface area contributed by atoms with Crippen LogP contribution in [0.15, 0.2) is 78.5 Å². The number of ether oxygens (including phenoxy) is 1. The molecule has 168 valence electrons. The summed E-state index contributed by atoms with van der Waals surface area (Å²) in [6.45, 7) is 7.17. The van der Waals surface area contributed by atoms with Crippen molar-refractivity contribution in [3.8, 4) is 5.75 Å². The molecule has 0 aromatic heterocycles. The van der Waals surface area contributed by atoms with Crippen molar-refractivity contribution >= 4 is 23.1 Å². The van der Waals surface area contributed by atoms with E-state index < -0.39 is 0 Å². The maximum atomic E-state index is 13.8.